The molecule has 3 N–H and O–H groups in total. The van der Waals surface area contributed by atoms with E-state index in [-0.39, 0.29) is 18.0 Å². The molecule has 1 heterocycles. The van der Waals surface area contributed by atoms with Gasteiger partial charge in [0, 0.05) is 35.5 Å². The third-order valence-electron chi connectivity index (χ3n) is 5.93. The second kappa shape index (κ2) is 12.9. The van der Waals surface area contributed by atoms with E-state index in [1.54, 1.807) is 19.3 Å². The number of hydrogen-bond donors (Lipinski definition) is 3. The summed E-state index contributed by atoms with van der Waals surface area (Å²) in [4.78, 5) is 25.1. The van der Waals surface area contributed by atoms with Crippen LogP contribution < -0.4 is 10.2 Å². The van der Waals surface area contributed by atoms with Crippen molar-refractivity contribution in [2.45, 2.75) is 75.1 Å². The summed E-state index contributed by atoms with van der Waals surface area (Å²) in [5, 5.41) is 18.5. The highest BCUT2D eigenvalue weighted by Crippen LogP contribution is 2.38. The van der Waals surface area contributed by atoms with Gasteiger partial charge in [-0.25, -0.2) is 18.7 Å². The van der Waals surface area contributed by atoms with E-state index in [9.17, 15) is 23.1 Å². The van der Waals surface area contributed by atoms with Gasteiger partial charge in [0.25, 0.3) is 5.91 Å². The number of sulfonamides is 1. The van der Waals surface area contributed by atoms with E-state index in [0.29, 0.717) is 30.9 Å². The standard InChI is InChI=1S/C25H37N3O7S2/c1-24(2,3)27(23(30)31)15-9-7-6-8-10-17-35-19-11-13-20(14-12-19)37(33,34)28-16-18-36-25(4,5)21(28)22(29)26-32/h11-14,21,32H,6-7,9,15-18H2,1-5H3,(H,26,29)(H,30,31)/t21-/m0/s1. The predicted octanol–water partition coefficient (Wildman–Crippen LogP) is 3.41. The van der Waals surface area contributed by atoms with E-state index in [1.165, 1.54) is 40.9 Å². The summed E-state index contributed by atoms with van der Waals surface area (Å²) in [5.41, 5.74) is 1.15. The molecular formula is C25H37N3O7S2. The molecule has 0 unspecified atom stereocenters. The number of carbonyl (C=O) groups excluding carboxylic acids is 1. The minimum absolute atomic E-state index is 0.0232. The zero-order valence-electron chi connectivity index (χ0n) is 22.0. The summed E-state index contributed by atoms with van der Waals surface area (Å²) in [6.45, 7) is 9.85. The van der Waals surface area contributed by atoms with Crippen LogP contribution in [-0.2, 0) is 14.8 Å². The van der Waals surface area contributed by atoms with E-state index < -0.39 is 38.4 Å². The quantitative estimate of drug-likeness (QED) is 0.183. The Labute approximate surface area is 223 Å². The molecule has 12 heteroatoms. The van der Waals surface area contributed by atoms with Crippen molar-refractivity contribution in [2.75, 3.05) is 25.4 Å². The maximum Gasteiger partial charge on any atom is 0.407 e. The summed E-state index contributed by atoms with van der Waals surface area (Å²) < 4.78 is 32.6. The summed E-state index contributed by atoms with van der Waals surface area (Å²) >= 11 is 1.47. The zero-order chi connectivity index (χ0) is 27.9. The zero-order valence-corrected chi connectivity index (χ0v) is 23.6. The highest BCUT2D eigenvalue weighted by atomic mass is 32.2. The Morgan fingerprint density at radius 2 is 1.86 bits per heavy atom. The molecule has 0 saturated carbocycles. The largest absolute Gasteiger partial charge is 0.481 e. The number of carbonyl (C=O) groups is 2. The lowest BCUT2D eigenvalue weighted by molar-refractivity contribution is -0.134. The Morgan fingerprint density at radius 1 is 1.22 bits per heavy atom. The van der Waals surface area contributed by atoms with Crippen molar-refractivity contribution in [3.8, 4) is 17.6 Å². The lowest BCUT2D eigenvalue weighted by Crippen LogP contribution is -2.61. The molecule has 0 radical (unpaired) electrons. The van der Waals surface area contributed by atoms with Gasteiger partial charge in [-0.3, -0.25) is 10.0 Å². The van der Waals surface area contributed by atoms with E-state index in [1.807, 2.05) is 20.8 Å². The van der Waals surface area contributed by atoms with Gasteiger partial charge in [-0.05, 0) is 71.7 Å². The third-order valence-corrected chi connectivity index (χ3v) is 9.16. The SMILES string of the molecule is CC1(C)SCCN(S(=O)(=O)c2ccc(OCC#CCCCCN(C(=O)O)C(C)(C)C)cc2)[C@H]1C(=O)NO. The van der Waals surface area contributed by atoms with E-state index in [4.69, 9.17) is 9.94 Å². The highest BCUT2D eigenvalue weighted by Gasteiger charge is 2.48. The number of carboxylic acid groups (broad SMARTS) is 1. The van der Waals surface area contributed by atoms with Crippen molar-refractivity contribution < 1.29 is 33.1 Å². The van der Waals surface area contributed by atoms with E-state index in [2.05, 4.69) is 11.8 Å². The molecule has 10 nitrogen and oxygen atoms in total. The van der Waals surface area contributed by atoms with Crippen LogP contribution in [0.25, 0.3) is 0 Å². The van der Waals surface area contributed by atoms with Crippen LogP contribution in [0.1, 0.15) is 53.9 Å². The van der Waals surface area contributed by atoms with Crippen molar-refractivity contribution in [1.82, 2.24) is 14.7 Å². The molecule has 0 spiro atoms. The van der Waals surface area contributed by atoms with Crippen molar-refractivity contribution in [3.05, 3.63) is 24.3 Å². The Morgan fingerprint density at radius 3 is 2.43 bits per heavy atom. The first kappa shape index (κ1) is 30.8. The topological polar surface area (TPSA) is 136 Å². The smallest absolute Gasteiger partial charge is 0.407 e. The molecule has 0 aromatic heterocycles. The number of amides is 2. The Balaban J connectivity index is 1.90. The Kier molecular flexibility index (Phi) is 10.7. The van der Waals surface area contributed by atoms with E-state index >= 15 is 0 Å². The summed E-state index contributed by atoms with van der Waals surface area (Å²) in [6.07, 6.45) is 1.16. The molecule has 2 amide bonds. The molecule has 1 atom stereocenters. The van der Waals surface area contributed by atoms with Crippen LogP contribution in [0.15, 0.2) is 29.2 Å². The van der Waals surface area contributed by atoms with Crippen LogP contribution in [0.3, 0.4) is 0 Å². The van der Waals surface area contributed by atoms with Gasteiger partial charge in [-0.15, -0.1) is 0 Å². The van der Waals surface area contributed by atoms with Gasteiger partial charge in [0.15, 0.2) is 0 Å². The maximum absolute atomic E-state index is 13.3. The fourth-order valence-corrected chi connectivity index (χ4v) is 7.13. The summed E-state index contributed by atoms with van der Waals surface area (Å²) in [7, 11) is -3.99. The highest BCUT2D eigenvalue weighted by molar-refractivity contribution is 8.00. The first-order chi connectivity index (χ1) is 17.2. The van der Waals surface area contributed by atoms with Gasteiger partial charge >= 0.3 is 6.09 Å². The number of unbranched alkanes of at least 4 members (excludes halogenated alkanes) is 2. The first-order valence-corrected chi connectivity index (χ1v) is 14.4. The normalized spacial score (nSPS) is 17.8. The van der Waals surface area contributed by atoms with Crippen molar-refractivity contribution in [2.24, 2.45) is 0 Å². The lowest BCUT2D eigenvalue weighted by Gasteiger charge is -2.43. The van der Waals surface area contributed by atoms with Crippen LogP contribution in [-0.4, -0.2) is 81.7 Å². The molecule has 206 valence electrons. The molecule has 2 rings (SSSR count). The second-order valence-electron chi connectivity index (χ2n) is 10.1. The number of thioether (sulfide) groups is 1. The number of hydrogen-bond acceptors (Lipinski definition) is 7. The molecule has 1 aliphatic rings. The maximum atomic E-state index is 13.3. The van der Waals surface area contributed by atoms with Crippen molar-refractivity contribution in [1.29, 1.82) is 0 Å². The number of ether oxygens (including phenoxy) is 1. The Hall–Kier alpha value is -2.46. The number of nitrogens with one attached hydrogen (secondary N) is 1. The van der Waals surface area contributed by atoms with Crippen molar-refractivity contribution >= 4 is 33.8 Å². The van der Waals surface area contributed by atoms with Crippen LogP contribution in [0.5, 0.6) is 5.75 Å². The average Bonchev–Trinajstić information content (AvgIpc) is 2.81. The van der Waals surface area contributed by atoms with Crippen molar-refractivity contribution in [3.63, 3.8) is 0 Å². The summed E-state index contributed by atoms with van der Waals surface area (Å²) in [6, 6.07) is 4.85. The van der Waals surface area contributed by atoms with Crippen LogP contribution in [0, 0.1) is 11.8 Å². The van der Waals surface area contributed by atoms with Gasteiger partial charge in [0.2, 0.25) is 10.0 Å². The minimum Gasteiger partial charge on any atom is -0.481 e. The number of hydroxylamine groups is 1. The molecule has 1 aromatic carbocycles. The molecule has 1 aliphatic heterocycles. The fourth-order valence-electron chi connectivity index (χ4n) is 4.02. The van der Waals surface area contributed by atoms with Gasteiger partial charge < -0.3 is 14.7 Å². The van der Waals surface area contributed by atoms with Gasteiger partial charge in [0.05, 0.1) is 4.90 Å². The van der Waals surface area contributed by atoms with Crippen LogP contribution in [0.4, 0.5) is 4.79 Å². The number of rotatable bonds is 9. The number of nitrogens with zero attached hydrogens (tertiary/aromatic N) is 2. The molecule has 37 heavy (non-hydrogen) atoms. The molecule has 1 aromatic rings. The molecule has 0 aliphatic carbocycles. The monoisotopic (exact) mass is 555 g/mol. The predicted molar refractivity (Wildman–Crippen MR) is 142 cm³/mol. The Bertz CT molecular complexity index is 1100. The van der Waals surface area contributed by atoms with E-state index in [0.717, 1.165) is 10.7 Å². The average molecular weight is 556 g/mol. The third kappa shape index (κ3) is 8.26. The first-order valence-electron chi connectivity index (χ1n) is 12.0. The minimum atomic E-state index is -3.99. The van der Waals surface area contributed by atoms with Gasteiger partial charge in [0.1, 0.15) is 18.4 Å². The van der Waals surface area contributed by atoms with Crippen LogP contribution >= 0.6 is 11.8 Å². The number of benzene rings is 1. The molecular weight excluding hydrogens is 518 g/mol. The molecule has 1 saturated heterocycles. The fraction of sp³-hybridized carbons (Fsp3) is 0.600. The van der Waals surface area contributed by atoms with Gasteiger partial charge in [-0.2, -0.15) is 16.1 Å². The molecule has 0 bridgehead atoms. The molecule has 1 fully saturated rings. The lowest BCUT2D eigenvalue weighted by atomic mass is 10.0. The summed E-state index contributed by atoms with van der Waals surface area (Å²) in [5.74, 6) is 6.11. The second-order valence-corrected chi connectivity index (χ2v) is 13.8. The van der Waals surface area contributed by atoms with Gasteiger partial charge in [-0.1, -0.05) is 11.8 Å². The van der Waals surface area contributed by atoms with Crippen LogP contribution in [0.2, 0.25) is 0 Å².